The topological polar surface area (TPSA) is 29.5 Å². The maximum atomic E-state index is 12.4. The molecule has 1 aromatic rings. The van der Waals surface area contributed by atoms with Gasteiger partial charge in [0.25, 0.3) is 5.91 Å². The maximum Gasteiger partial charge on any atom is 0.253 e. The van der Waals surface area contributed by atoms with Gasteiger partial charge in [0.2, 0.25) is 0 Å². The van der Waals surface area contributed by atoms with E-state index in [9.17, 15) is 4.79 Å². The lowest BCUT2D eigenvalue weighted by Gasteiger charge is -2.34. The Morgan fingerprint density at radius 3 is 2.79 bits per heavy atom. The Hall–Kier alpha value is -0.550. The van der Waals surface area contributed by atoms with Crippen LogP contribution >= 0.6 is 31.9 Å². The summed E-state index contributed by atoms with van der Waals surface area (Å²) in [7, 11) is 1.61. The number of carbonyl (C=O) groups excluding carboxylic acids is 1. The van der Waals surface area contributed by atoms with Gasteiger partial charge in [-0.05, 0) is 46.5 Å². The van der Waals surface area contributed by atoms with Crippen molar-refractivity contribution in [2.24, 2.45) is 5.92 Å². The Morgan fingerprint density at radius 2 is 2.21 bits per heavy atom. The van der Waals surface area contributed by atoms with Gasteiger partial charge in [-0.15, -0.1) is 0 Å². The molecule has 0 saturated carbocycles. The van der Waals surface area contributed by atoms with Crippen LogP contribution in [0.1, 0.15) is 23.7 Å². The average molecular weight is 391 g/mol. The first kappa shape index (κ1) is 14.9. The molecule has 0 N–H and O–H groups in total. The van der Waals surface area contributed by atoms with E-state index < -0.39 is 0 Å². The van der Waals surface area contributed by atoms with Gasteiger partial charge in [-0.25, -0.2) is 0 Å². The Balaban J connectivity index is 2.13. The summed E-state index contributed by atoms with van der Waals surface area (Å²) in [5.74, 6) is 1.44. The summed E-state index contributed by atoms with van der Waals surface area (Å²) in [5.41, 5.74) is 0.696. The number of alkyl halides is 1. The van der Waals surface area contributed by atoms with Gasteiger partial charge >= 0.3 is 0 Å². The van der Waals surface area contributed by atoms with E-state index in [2.05, 4.69) is 38.8 Å². The van der Waals surface area contributed by atoms with Crippen LogP contribution in [0.3, 0.4) is 0 Å². The second kappa shape index (κ2) is 6.27. The number of amides is 1. The molecule has 1 fully saturated rings. The van der Waals surface area contributed by atoms with E-state index in [4.69, 9.17) is 4.74 Å². The van der Waals surface area contributed by atoms with Crippen molar-refractivity contribution in [1.82, 2.24) is 4.90 Å². The number of hydrogen-bond donors (Lipinski definition) is 0. The molecule has 5 heteroatoms. The SMILES string of the molecule is COc1ccc(C(=O)N2CCC(C)C(Br)C2)cc1Br. The predicted octanol–water partition coefficient (Wildman–Crippen LogP) is 3.70. The van der Waals surface area contributed by atoms with Gasteiger partial charge in [-0.3, -0.25) is 4.79 Å². The van der Waals surface area contributed by atoms with Crippen LogP contribution in [-0.2, 0) is 0 Å². The summed E-state index contributed by atoms with van der Waals surface area (Å²) >= 11 is 7.07. The molecular weight excluding hydrogens is 374 g/mol. The zero-order valence-corrected chi connectivity index (χ0v) is 14.2. The molecule has 0 radical (unpaired) electrons. The summed E-state index contributed by atoms with van der Waals surface area (Å²) in [6.45, 7) is 3.81. The molecule has 2 atom stereocenters. The van der Waals surface area contributed by atoms with Gasteiger partial charge in [0, 0.05) is 23.5 Å². The first-order valence-electron chi connectivity index (χ1n) is 6.29. The van der Waals surface area contributed by atoms with Crippen LogP contribution in [-0.4, -0.2) is 35.8 Å². The molecule has 0 aliphatic carbocycles. The lowest BCUT2D eigenvalue weighted by atomic mass is 9.98. The smallest absolute Gasteiger partial charge is 0.253 e. The van der Waals surface area contributed by atoms with Crippen LogP contribution < -0.4 is 4.74 Å². The zero-order valence-electron chi connectivity index (χ0n) is 11.0. The summed E-state index contributed by atoms with van der Waals surface area (Å²) < 4.78 is 5.98. The Kier molecular flexibility index (Phi) is 4.90. The number of ether oxygens (including phenoxy) is 1. The lowest BCUT2D eigenvalue weighted by Crippen LogP contribution is -2.43. The quantitative estimate of drug-likeness (QED) is 0.720. The first-order chi connectivity index (χ1) is 9.02. The van der Waals surface area contributed by atoms with E-state index in [0.717, 1.165) is 29.7 Å². The van der Waals surface area contributed by atoms with Crippen molar-refractivity contribution >= 4 is 37.8 Å². The van der Waals surface area contributed by atoms with E-state index in [1.165, 1.54) is 0 Å². The van der Waals surface area contributed by atoms with Crippen molar-refractivity contribution in [3.8, 4) is 5.75 Å². The highest BCUT2D eigenvalue weighted by Gasteiger charge is 2.27. The molecule has 1 saturated heterocycles. The fourth-order valence-corrected chi connectivity index (χ4v) is 3.34. The molecular formula is C14H17Br2NO2. The van der Waals surface area contributed by atoms with E-state index >= 15 is 0 Å². The zero-order chi connectivity index (χ0) is 14.0. The summed E-state index contributed by atoms with van der Waals surface area (Å²) in [5, 5.41) is 0. The second-order valence-corrected chi connectivity index (χ2v) is 6.91. The first-order valence-corrected chi connectivity index (χ1v) is 8.00. The fraction of sp³-hybridized carbons (Fsp3) is 0.500. The van der Waals surface area contributed by atoms with Crippen LogP contribution in [0.25, 0.3) is 0 Å². The van der Waals surface area contributed by atoms with Gasteiger partial charge in [-0.2, -0.15) is 0 Å². The number of likely N-dealkylation sites (tertiary alicyclic amines) is 1. The second-order valence-electron chi connectivity index (χ2n) is 4.88. The van der Waals surface area contributed by atoms with Gasteiger partial charge in [0.15, 0.2) is 0 Å². The minimum absolute atomic E-state index is 0.0831. The largest absolute Gasteiger partial charge is 0.496 e. The summed E-state index contributed by atoms with van der Waals surface area (Å²) in [4.78, 5) is 14.7. The summed E-state index contributed by atoms with van der Waals surface area (Å²) in [6, 6.07) is 5.45. The number of halogens is 2. The highest BCUT2D eigenvalue weighted by atomic mass is 79.9. The highest BCUT2D eigenvalue weighted by molar-refractivity contribution is 9.10. The molecule has 2 rings (SSSR count). The van der Waals surface area contributed by atoms with Gasteiger partial charge in [0.1, 0.15) is 5.75 Å². The molecule has 0 aromatic heterocycles. The Morgan fingerprint density at radius 1 is 1.47 bits per heavy atom. The molecule has 0 spiro atoms. The number of carbonyl (C=O) groups is 1. The van der Waals surface area contributed by atoms with Crippen molar-refractivity contribution in [3.05, 3.63) is 28.2 Å². The van der Waals surface area contributed by atoms with Crippen LogP contribution in [0.15, 0.2) is 22.7 Å². The number of rotatable bonds is 2. The standard InChI is InChI=1S/C14H17Br2NO2/c1-9-5-6-17(8-12(9)16)14(18)10-3-4-13(19-2)11(15)7-10/h3-4,7,9,12H,5-6,8H2,1-2H3. The molecule has 3 nitrogen and oxygen atoms in total. The minimum atomic E-state index is 0.0831. The monoisotopic (exact) mass is 389 g/mol. The minimum Gasteiger partial charge on any atom is -0.496 e. The van der Waals surface area contributed by atoms with Crippen LogP contribution in [0.2, 0.25) is 0 Å². The molecule has 19 heavy (non-hydrogen) atoms. The predicted molar refractivity (Wildman–Crippen MR) is 83.1 cm³/mol. The molecule has 1 amide bonds. The van der Waals surface area contributed by atoms with Gasteiger partial charge in [0.05, 0.1) is 11.6 Å². The van der Waals surface area contributed by atoms with E-state index in [1.54, 1.807) is 7.11 Å². The number of methoxy groups -OCH3 is 1. The van der Waals surface area contributed by atoms with Crippen LogP contribution in [0.5, 0.6) is 5.75 Å². The van der Waals surface area contributed by atoms with Crippen molar-refractivity contribution < 1.29 is 9.53 Å². The molecule has 2 unspecified atom stereocenters. The average Bonchev–Trinajstić information content (AvgIpc) is 2.41. The van der Waals surface area contributed by atoms with Crippen molar-refractivity contribution in [3.63, 3.8) is 0 Å². The number of nitrogens with zero attached hydrogens (tertiary/aromatic N) is 1. The fourth-order valence-electron chi connectivity index (χ4n) is 2.19. The Labute approximate surface area is 130 Å². The van der Waals surface area contributed by atoms with Gasteiger partial charge < -0.3 is 9.64 Å². The van der Waals surface area contributed by atoms with E-state index in [-0.39, 0.29) is 5.91 Å². The van der Waals surface area contributed by atoms with E-state index in [1.807, 2.05) is 23.1 Å². The summed E-state index contributed by atoms with van der Waals surface area (Å²) in [6.07, 6.45) is 1.04. The highest BCUT2D eigenvalue weighted by Crippen LogP contribution is 2.28. The molecule has 1 aliphatic heterocycles. The molecule has 0 bridgehead atoms. The molecule has 1 aromatic carbocycles. The third-order valence-electron chi connectivity index (χ3n) is 3.55. The number of hydrogen-bond acceptors (Lipinski definition) is 2. The van der Waals surface area contributed by atoms with Gasteiger partial charge in [-0.1, -0.05) is 22.9 Å². The number of piperidine rings is 1. The third kappa shape index (κ3) is 3.31. The van der Waals surface area contributed by atoms with Crippen molar-refractivity contribution in [1.29, 1.82) is 0 Å². The van der Waals surface area contributed by atoms with Crippen LogP contribution in [0.4, 0.5) is 0 Å². The third-order valence-corrected chi connectivity index (χ3v) is 5.36. The maximum absolute atomic E-state index is 12.4. The normalized spacial score (nSPS) is 23.3. The molecule has 1 aliphatic rings. The van der Waals surface area contributed by atoms with Crippen molar-refractivity contribution in [2.45, 2.75) is 18.2 Å². The van der Waals surface area contributed by atoms with E-state index in [0.29, 0.717) is 16.3 Å². The van der Waals surface area contributed by atoms with Crippen molar-refractivity contribution in [2.75, 3.05) is 20.2 Å². The van der Waals surface area contributed by atoms with Crippen LogP contribution in [0, 0.1) is 5.92 Å². The molecule has 1 heterocycles. The number of benzene rings is 1. The lowest BCUT2D eigenvalue weighted by molar-refractivity contribution is 0.0706. The Bertz CT molecular complexity index is 479. The molecule has 104 valence electrons.